The van der Waals surface area contributed by atoms with Gasteiger partial charge in [0.05, 0.1) is 33.3 Å². The van der Waals surface area contributed by atoms with Crippen LogP contribution in [-0.2, 0) is 0 Å². The summed E-state index contributed by atoms with van der Waals surface area (Å²) in [5, 5.41) is 1.22. The van der Waals surface area contributed by atoms with E-state index >= 15 is 0 Å². The van der Waals surface area contributed by atoms with Crippen molar-refractivity contribution in [1.82, 2.24) is 15.0 Å². The predicted molar refractivity (Wildman–Crippen MR) is 89.5 cm³/mol. The van der Waals surface area contributed by atoms with Gasteiger partial charge < -0.3 is 4.98 Å². The summed E-state index contributed by atoms with van der Waals surface area (Å²) in [5.41, 5.74) is 2.57. The molecule has 2 aromatic carbocycles. The molecule has 0 aliphatic rings. The average molecular weight is 377 g/mol. The molecule has 0 radical (unpaired) electrons. The monoisotopic (exact) mass is 375 g/mol. The third-order valence-corrected chi connectivity index (χ3v) is 4.29. The fraction of sp³-hybridized carbons (Fsp3) is 0. The van der Waals surface area contributed by atoms with Crippen LogP contribution in [0.4, 0.5) is 4.39 Å². The maximum atomic E-state index is 14.1. The quantitative estimate of drug-likeness (QED) is 0.487. The van der Waals surface area contributed by atoms with Gasteiger partial charge in [-0.2, -0.15) is 0 Å². The first kappa shape index (κ1) is 13.7. The van der Waals surface area contributed by atoms with Gasteiger partial charge in [0.15, 0.2) is 0 Å². The van der Waals surface area contributed by atoms with Gasteiger partial charge in [0.25, 0.3) is 0 Å². The fourth-order valence-corrected chi connectivity index (χ4v) is 3.08. The number of imidazole rings is 1. The first-order valence-electron chi connectivity index (χ1n) is 6.52. The molecule has 6 heteroatoms. The van der Waals surface area contributed by atoms with E-state index in [1.54, 1.807) is 18.3 Å². The highest BCUT2D eigenvalue weighted by Crippen LogP contribution is 2.32. The minimum atomic E-state index is -0.411. The normalized spacial score (nSPS) is 11.4. The summed E-state index contributed by atoms with van der Waals surface area (Å²) in [6.07, 6.45) is 1.69. The van der Waals surface area contributed by atoms with Gasteiger partial charge in [0, 0.05) is 9.86 Å². The number of hydrogen-bond donors (Lipinski definition) is 1. The standard InChI is InChI=1S/C16H8BrClFN3/c17-8-4-5-9-12(6-8)20-7-13-15(9)22-16(21-13)14-10(18)2-1-3-11(14)19/h1-7H,(H,21,22). The highest BCUT2D eigenvalue weighted by molar-refractivity contribution is 9.10. The molecule has 0 spiro atoms. The summed E-state index contributed by atoms with van der Waals surface area (Å²) in [6, 6.07) is 10.3. The van der Waals surface area contributed by atoms with Crippen molar-refractivity contribution in [3.63, 3.8) is 0 Å². The number of H-pyrrole nitrogens is 1. The van der Waals surface area contributed by atoms with Crippen LogP contribution in [0, 0.1) is 5.82 Å². The molecule has 0 amide bonds. The molecule has 4 aromatic rings. The summed E-state index contributed by atoms with van der Waals surface area (Å²) in [7, 11) is 0. The molecule has 2 heterocycles. The average Bonchev–Trinajstić information content (AvgIpc) is 2.90. The van der Waals surface area contributed by atoms with Gasteiger partial charge in [-0.15, -0.1) is 0 Å². The fourth-order valence-electron chi connectivity index (χ4n) is 2.47. The molecule has 1 N–H and O–H groups in total. The molecule has 22 heavy (non-hydrogen) atoms. The first-order chi connectivity index (χ1) is 10.6. The van der Waals surface area contributed by atoms with Gasteiger partial charge in [0.1, 0.15) is 11.6 Å². The number of fused-ring (bicyclic) bond motifs is 3. The predicted octanol–water partition coefficient (Wildman–Crippen LogP) is 5.33. The number of rotatable bonds is 1. The van der Waals surface area contributed by atoms with E-state index in [1.165, 1.54) is 6.07 Å². The van der Waals surface area contributed by atoms with Gasteiger partial charge in [0.2, 0.25) is 0 Å². The Morgan fingerprint density at radius 2 is 2.05 bits per heavy atom. The van der Waals surface area contributed by atoms with Crippen molar-refractivity contribution in [3.05, 3.63) is 57.9 Å². The molecular formula is C16H8BrClFN3. The van der Waals surface area contributed by atoms with E-state index in [2.05, 4.69) is 30.9 Å². The number of nitrogens with zero attached hydrogens (tertiary/aromatic N) is 2. The summed E-state index contributed by atoms with van der Waals surface area (Å²) >= 11 is 9.53. The number of pyridine rings is 1. The zero-order chi connectivity index (χ0) is 15.3. The van der Waals surface area contributed by atoms with E-state index in [4.69, 9.17) is 11.6 Å². The summed E-state index contributed by atoms with van der Waals surface area (Å²) < 4.78 is 15.0. The third-order valence-electron chi connectivity index (χ3n) is 3.48. The Bertz CT molecular complexity index is 1010. The van der Waals surface area contributed by atoms with Crippen molar-refractivity contribution < 1.29 is 4.39 Å². The molecule has 0 aliphatic carbocycles. The second-order valence-electron chi connectivity index (χ2n) is 4.86. The molecule has 0 saturated carbocycles. The Morgan fingerprint density at radius 3 is 2.86 bits per heavy atom. The summed E-state index contributed by atoms with van der Waals surface area (Å²) in [6.45, 7) is 0. The van der Waals surface area contributed by atoms with Gasteiger partial charge in [-0.1, -0.05) is 33.6 Å². The number of hydrogen-bond acceptors (Lipinski definition) is 2. The maximum absolute atomic E-state index is 14.1. The van der Waals surface area contributed by atoms with Gasteiger partial charge in [-0.3, -0.25) is 4.98 Å². The van der Waals surface area contributed by atoms with Crippen molar-refractivity contribution in [2.75, 3.05) is 0 Å². The number of nitrogens with one attached hydrogen (secondary N) is 1. The lowest BCUT2D eigenvalue weighted by Gasteiger charge is -2.01. The number of benzene rings is 2. The highest BCUT2D eigenvalue weighted by atomic mass is 79.9. The Kier molecular flexibility index (Phi) is 3.13. The number of aromatic amines is 1. The molecule has 0 saturated heterocycles. The lowest BCUT2D eigenvalue weighted by atomic mass is 10.2. The smallest absolute Gasteiger partial charge is 0.143 e. The molecule has 0 atom stereocenters. The van der Waals surface area contributed by atoms with Crippen LogP contribution in [-0.4, -0.2) is 15.0 Å². The Balaban J connectivity index is 2.04. The number of aromatic nitrogens is 3. The molecule has 3 nitrogen and oxygen atoms in total. The Hall–Kier alpha value is -1.98. The largest absolute Gasteiger partial charge is 0.337 e. The van der Waals surface area contributed by atoms with Crippen LogP contribution in [0.3, 0.4) is 0 Å². The molecule has 0 unspecified atom stereocenters. The minimum Gasteiger partial charge on any atom is -0.337 e. The zero-order valence-corrected chi connectivity index (χ0v) is 13.4. The Morgan fingerprint density at radius 1 is 1.18 bits per heavy atom. The maximum Gasteiger partial charge on any atom is 0.143 e. The zero-order valence-electron chi connectivity index (χ0n) is 11.1. The van der Waals surface area contributed by atoms with Crippen LogP contribution in [0.1, 0.15) is 0 Å². The summed E-state index contributed by atoms with van der Waals surface area (Å²) in [4.78, 5) is 12.0. The van der Waals surface area contributed by atoms with E-state index in [-0.39, 0.29) is 5.56 Å². The van der Waals surface area contributed by atoms with Crippen LogP contribution < -0.4 is 0 Å². The van der Waals surface area contributed by atoms with Crippen LogP contribution >= 0.6 is 27.5 Å². The van der Waals surface area contributed by atoms with Crippen molar-refractivity contribution in [2.45, 2.75) is 0 Å². The molecule has 0 aliphatic heterocycles. The first-order valence-corrected chi connectivity index (χ1v) is 7.69. The SMILES string of the molecule is Fc1cccc(Cl)c1-c1nc2c(cnc3cc(Br)ccc32)[nH]1. The van der Waals surface area contributed by atoms with E-state index in [0.717, 1.165) is 26.4 Å². The van der Waals surface area contributed by atoms with E-state index in [0.29, 0.717) is 10.8 Å². The van der Waals surface area contributed by atoms with Gasteiger partial charge >= 0.3 is 0 Å². The van der Waals surface area contributed by atoms with Crippen molar-refractivity contribution in [3.8, 4) is 11.4 Å². The molecule has 0 bridgehead atoms. The lowest BCUT2D eigenvalue weighted by Crippen LogP contribution is -1.87. The topological polar surface area (TPSA) is 41.6 Å². The van der Waals surface area contributed by atoms with E-state index < -0.39 is 5.82 Å². The van der Waals surface area contributed by atoms with Gasteiger partial charge in [-0.25, -0.2) is 9.37 Å². The second-order valence-corrected chi connectivity index (χ2v) is 6.19. The molecule has 0 fully saturated rings. The molecular weight excluding hydrogens is 369 g/mol. The van der Waals surface area contributed by atoms with Crippen LogP contribution in [0.15, 0.2) is 47.1 Å². The van der Waals surface area contributed by atoms with Crippen molar-refractivity contribution in [1.29, 1.82) is 0 Å². The highest BCUT2D eigenvalue weighted by Gasteiger charge is 2.15. The number of halogens is 3. The van der Waals surface area contributed by atoms with E-state index in [9.17, 15) is 4.39 Å². The van der Waals surface area contributed by atoms with Crippen molar-refractivity contribution in [2.24, 2.45) is 0 Å². The van der Waals surface area contributed by atoms with Crippen LogP contribution in [0.25, 0.3) is 33.3 Å². The summed E-state index contributed by atoms with van der Waals surface area (Å²) in [5.74, 6) is -0.0121. The lowest BCUT2D eigenvalue weighted by molar-refractivity contribution is 0.630. The molecule has 108 valence electrons. The van der Waals surface area contributed by atoms with Gasteiger partial charge in [-0.05, 0) is 30.3 Å². The minimum absolute atomic E-state index is 0.269. The third kappa shape index (κ3) is 2.09. The van der Waals surface area contributed by atoms with E-state index in [1.807, 2.05) is 18.2 Å². The second kappa shape index (κ2) is 5.04. The van der Waals surface area contributed by atoms with Crippen LogP contribution in [0.5, 0.6) is 0 Å². The Labute approximate surface area is 138 Å². The van der Waals surface area contributed by atoms with Crippen molar-refractivity contribution >= 4 is 49.5 Å². The molecule has 2 aromatic heterocycles. The molecule has 4 rings (SSSR count). The van der Waals surface area contributed by atoms with Crippen LogP contribution in [0.2, 0.25) is 5.02 Å².